The first kappa shape index (κ1) is 13.3. The van der Waals surface area contributed by atoms with E-state index in [0.29, 0.717) is 34.8 Å². The molecule has 0 saturated heterocycles. The van der Waals surface area contributed by atoms with Gasteiger partial charge < -0.3 is 14.2 Å². The molecular weight excluding hydrogens is 299 g/mol. The number of aromatic nitrogens is 1. The largest absolute Gasteiger partial charge is 0.490 e. The number of amides is 1. The summed E-state index contributed by atoms with van der Waals surface area (Å²) in [6, 6.07) is 9.05. The first-order valence-electron chi connectivity index (χ1n) is 6.14. The van der Waals surface area contributed by atoms with Crippen LogP contribution >= 0.6 is 23.2 Å². The maximum atomic E-state index is 12.7. The Morgan fingerprint density at radius 3 is 2.75 bits per heavy atom. The molecule has 1 aliphatic heterocycles. The molecule has 3 rings (SSSR count). The van der Waals surface area contributed by atoms with Crippen molar-refractivity contribution < 1.29 is 9.53 Å². The van der Waals surface area contributed by atoms with Gasteiger partial charge in [-0.1, -0.05) is 35.3 Å². The maximum absolute atomic E-state index is 12.7. The molecule has 2 aromatic rings. The number of hydrogen-bond donors (Lipinski definition) is 0. The Hall–Kier alpha value is -1.65. The number of rotatable bonds is 1. The summed E-state index contributed by atoms with van der Waals surface area (Å²) < 4.78 is 7.13. The average molecular weight is 311 g/mol. The Bertz CT molecular complexity index is 682. The molecule has 0 aliphatic carbocycles. The van der Waals surface area contributed by atoms with Crippen molar-refractivity contribution in [2.45, 2.75) is 0 Å². The lowest BCUT2D eigenvalue weighted by Crippen LogP contribution is -2.38. The van der Waals surface area contributed by atoms with Crippen molar-refractivity contribution in [3.8, 4) is 5.75 Å². The van der Waals surface area contributed by atoms with Crippen LogP contribution in [0.15, 0.2) is 30.3 Å². The third-order valence-corrected chi connectivity index (χ3v) is 4.15. The summed E-state index contributed by atoms with van der Waals surface area (Å²) in [5, 5.41) is 0.732. The molecule has 4 nitrogen and oxygen atoms in total. The number of hydrogen-bond acceptors (Lipinski definition) is 2. The van der Waals surface area contributed by atoms with Crippen LogP contribution in [0.25, 0.3) is 0 Å². The number of ether oxygens (including phenoxy) is 1. The Morgan fingerprint density at radius 1 is 1.30 bits per heavy atom. The summed E-state index contributed by atoms with van der Waals surface area (Å²) in [6.07, 6.45) is 0. The van der Waals surface area contributed by atoms with E-state index in [2.05, 4.69) is 0 Å². The van der Waals surface area contributed by atoms with Gasteiger partial charge in [0.15, 0.2) is 0 Å². The lowest BCUT2D eigenvalue weighted by Gasteiger charge is -2.29. The molecule has 104 valence electrons. The summed E-state index contributed by atoms with van der Waals surface area (Å²) >= 11 is 12.0. The number of carbonyl (C=O) groups is 1. The van der Waals surface area contributed by atoms with Crippen molar-refractivity contribution in [1.82, 2.24) is 4.57 Å². The lowest BCUT2D eigenvalue weighted by molar-refractivity contribution is 0.0969. The second kappa shape index (κ2) is 5.04. The van der Waals surface area contributed by atoms with Crippen LogP contribution in [-0.2, 0) is 7.05 Å². The van der Waals surface area contributed by atoms with Crippen molar-refractivity contribution in [1.29, 1.82) is 0 Å². The zero-order chi connectivity index (χ0) is 14.3. The number of carbonyl (C=O) groups excluding carboxylic acids is 1. The predicted molar refractivity (Wildman–Crippen MR) is 79.0 cm³/mol. The van der Waals surface area contributed by atoms with E-state index in [1.54, 1.807) is 22.6 Å². The van der Waals surface area contributed by atoms with Gasteiger partial charge in [0.1, 0.15) is 23.2 Å². The van der Waals surface area contributed by atoms with Crippen LogP contribution in [0.1, 0.15) is 10.5 Å². The summed E-state index contributed by atoms with van der Waals surface area (Å²) in [4.78, 5) is 14.4. The number of nitrogens with zero attached hydrogens (tertiary/aromatic N) is 2. The molecule has 1 amide bonds. The SMILES string of the molecule is Cn1c(C(=O)N2CCOc3ccccc32)cc(Cl)c1Cl. The van der Waals surface area contributed by atoms with Gasteiger partial charge in [-0.15, -0.1) is 0 Å². The van der Waals surface area contributed by atoms with Crippen molar-refractivity contribution >= 4 is 34.8 Å². The van der Waals surface area contributed by atoms with Gasteiger partial charge in [-0.05, 0) is 18.2 Å². The molecule has 0 saturated carbocycles. The van der Waals surface area contributed by atoms with E-state index in [1.807, 2.05) is 24.3 Å². The maximum Gasteiger partial charge on any atom is 0.275 e. The minimum absolute atomic E-state index is 0.142. The summed E-state index contributed by atoms with van der Waals surface area (Å²) in [5.74, 6) is 0.565. The second-order valence-electron chi connectivity index (χ2n) is 4.50. The van der Waals surface area contributed by atoms with Crippen LogP contribution in [0.2, 0.25) is 10.2 Å². The molecule has 1 aliphatic rings. The third kappa shape index (κ3) is 2.05. The molecule has 0 radical (unpaired) electrons. The number of fused-ring (bicyclic) bond motifs is 1. The van der Waals surface area contributed by atoms with E-state index in [0.717, 1.165) is 5.69 Å². The highest BCUT2D eigenvalue weighted by molar-refractivity contribution is 6.42. The van der Waals surface area contributed by atoms with Crippen LogP contribution in [0, 0.1) is 0 Å². The van der Waals surface area contributed by atoms with Crippen molar-refractivity contribution in [3.63, 3.8) is 0 Å². The fourth-order valence-corrected chi connectivity index (χ4v) is 2.64. The van der Waals surface area contributed by atoms with Crippen LogP contribution in [0.3, 0.4) is 0 Å². The van der Waals surface area contributed by atoms with Crippen molar-refractivity contribution in [2.24, 2.45) is 7.05 Å². The Labute approximate surface area is 126 Å². The van der Waals surface area contributed by atoms with Crippen molar-refractivity contribution in [3.05, 3.63) is 46.2 Å². The highest BCUT2D eigenvalue weighted by atomic mass is 35.5. The minimum Gasteiger partial charge on any atom is -0.490 e. The van der Waals surface area contributed by atoms with Gasteiger partial charge in [-0.3, -0.25) is 4.79 Å². The van der Waals surface area contributed by atoms with Gasteiger partial charge in [0.05, 0.1) is 17.3 Å². The fraction of sp³-hybridized carbons (Fsp3) is 0.214. The fourth-order valence-electron chi connectivity index (χ4n) is 2.27. The molecule has 6 heteroatoms. The zero-order valence-corrected chi connectivity index (χ0v) is 12.3. The third-order valence-electron chi connectivity index (χ3n) is 3.31. The minimum atomic E-state index is -0.142. The highest BCUT2D eigenvalue weighted by Crippen LogP contribution is 2.33. The molecule has 1 aromatic carbocycles. The Morgan fingerprint density at radius 2 is 2.05 bits per heavy atom. The number of halogens is 2. The number of anilines is 1. The molecule has 1 aromatic heterocycles. The molecule has 20 heavy (non-hydrogen) atoms. The van der Waals surface area contributed by atoms with Gasteiger partial charge >= 0.3 is 0 Å². The Kier molecular flexibility index (Phi) is 3.36. The molecule has 2 heterocycles. The van der Waals surface area contributed by atoms with Crippen LogP contribution in [0.5, 0.6) is 5.75 Å². The zero-order valence-electron chi connectivity index (χ0n) is 10.8. The molecule has 0 spiro atoms. The van der Waals surface area contributed by atoms with Gasteiger partial charge in [0.2, 0.25) is 0 Å². The second-order valence-corrected chi connectivity index (χ2v) is 5.27. The summed E-state index contributed by atoms with van der Waals surface area (Å²) in [7, 11) is 1.72. The van der Waals surface area contributed by atoms with E-state index < -0.39 is 0 Å². The van der Waals surface area contributed by atoms with Gasteiger partial charge in [0, 0.05) is 7.05 Å². The molecule has 0 bridgehead atoms. The topological polar surface area (TPSA) is 34.5 Å². The average Bonchev–Trinajstić information content (AvgIpc) is 2.73. The summed E-state index contributed by atoms with van der Waals surface area (Å²) in [5.41, 5.74) is 1.22. The van der Waals surface area contributed by atoms with E-state index >= 15 is 0 Å². The molecule has 0 N–H and O–H groups in total. The summed E-state index contributed by atoms with van der Waals surface area (Å²) in [6.45, 7) is 0.963. The monoisotopic (exact) mass is 310 g/mol. The number of benzene rings is 1. The first-order valence-corrected chi connectivity index (χ1v) is 6.89. The van der Waals surface area contributed by atoms with E-state index in [9.17, 15) is 4.79 Å². The standard InChI is InChI=1S/C14H12Cl2N2O2/c1-17-11(8-9(15)13(17)16)14(19)18-6-7-20-12-5-3-2-4-10(12)18/h2-5,8H,6-7H2,1H3. The van der Waals surface area contributed by atoms with E-state index in [1.165, 1.54) is 0 Å². The van der Waals surface area contributed by atoms with E-state index in [-0.39, 0.29) is 5.91 Å². The Balaban J connectivity index is 2.02. The van der Waals surface area contributed by atoms with Crippen molar-refractivity contribution in [2.75, 3.05) is 18.1 Å². The molecule has 0 fully saturated rings. The molecular formula is C14H12Cl2N2O2. The quantitative estimate of drug-likeness (QED) is 0.809. The van der Waals surface area contributed by atoms with Crippen LogP contribution in [-0.4, -0.2) is 23.6 Å². The van der Waals surface area contributed by atoms with Crippen LogP contribution < -0.4 is 9.64 Å². The smallest absolute Gasteiger partial charge is 0.275 e. The lowest BCUT2D eigenvalue weighted by atomic mass is 10.2. The van der Waals surface area contributed by atoms with Gasteiger partial charge in [-0.25, -0.2) is 0 Å². The normalized spacial score (nSPS) is 13.8. The van der Waals surface area contributed by atoms with Gasteiger partial charge in [0.25, 0.3) is 5.91 Å². The first-order chi connectivity index (χ1) is 9.59. The highest BCUT2D eigenvalue weighted by Gasteiger charge is 2.27. The van der Waals surface area contributed by atoms with E-state index in [4.69, 9.17) is 27.9 Å². The van der Waals surface area contributed by atoms with Gasteiger partial charge in [-0.2, -0.15) is 0 Å². The predicted octanol–water partition coefficient (Wildman–Crippen LogP) is 3.37. The molecule has 0 unspecified atom stereocenters. The molecule has 0 atom stereocenters. The number of para-hydroxylation sites is 2. The van der Waals surface area contributed by atoms with Crippen LogP contribution in [0.4, 0.5) is 5.69 Å².